The van der Waals surface area contributed by atoms with E-state index in [1.165, 1.54) is 11.3 Å². The summed E-state index contributed by atoms with van der Waals surface area (Å²) in [6.45, 7) is 4.95. The van der Waals surface area contributed by atoms with Crippen LogP contribution in [0.4, 0.5) is 5.13 Å². The van der Waals surface area contributed by atoms with Gasteiger partial charge in [0.1, 0.15) is 5.75 Å². The maximum atomic E-state index is 5.75. The van der Waals surface area contributed by atoms with E-state index in [0.717, 1.165) is 16.4 Å². The first kappa shape index (κ1) is 13.5. The van der Waals surface area contributed by atoms with Gasteiger partial charge in [0.2, 0.25) is 5.13 Å². The van der Waals surface area contributed by atoms with E-state index in [1.54, 1.807) is 12.4 Å². The molecule has 100 valence electrons. The molecule has 0 amide bonds. The standard InChI is InChI=1S/C14H17N3OS/c1-11(2)10-18-13-6-4-3-5-12(13)9-16-17-14-15-7-8-19-14/h3-9,11H,10H2,1-2H3,(H,15,17)/b16-9+. The van der Waals surface area contributed by atoms with Crippen LogP contribution in [0.3, 0.4) is 0 Å². The Balaban J connectivity index is 2.00. The van der Waals surface area contributed by atoms with Gasteiger partial charge in [-0.2, -0.15) is 5.10 Å². The van der Waals surface area contributed by atoms with E-state index in [4.69, 9.17) is 4.74 Å². The first-order chi connectivity index (χ1) is 9.25. The van der Waals surface area contributed by atoms with Gasteiger partial charge in [0.15, 0.2) is 0 Å². The van der Waals surface area contributed by atoms with E-state index in [2.05, 4.69) is 29.4 Å². The lowest BCUT2D eigenvalue weighted by atomic mass is 10.2. The highest BCUT2D eigenvalue weighted by Crippen LogP contribution is 2.17. The summed E-state index contributed by atoms with van der Waals surface area (Å²) in [4.78, 5) is 4.09. The minimum atomic E-state index is 0.499. The van der Waals surface area contributed by atoms with Crippen molar-refractivity contribution in [2.75, 3.05) is 12.0 Å². The van der Waals surface area contributed by atoms with E-state index < -0.39 is 0 Å². The zero-order valence-electron chi connectivity index (χ0n) is 11.0. The van der Waals surface area contributed by atoms with Gasteiger partial charge >= 0.3 is 0 Å². The minimum Gasteiger partial charge on any atom is -0.493 e. The molecule has 0 aliphatic rings. The van der Waals surface area contributed by atoms with Gasteiger partial charge in [-0.25, -0.2) is 4.98 Å². The summed E-state index contributed by atoms with van der Waals surface area (Å²) in [5.41, 5.74) is 3.84. The maximum absolute atomic E-state index is 5.75. The minimum absolute atomic E-state index is 0.499. The Morgan fingerprint density at radius 1 is 1.42 bits per heavy atom. The summed E-state index contributed by atoms with van der Waals surface area (Å²) in [5, 5.41) is 6.84. The molecule has 2 aromatic rings. The number of hydrogen-bond donors (Lipinski definition) is 1. The highest BCUT2D eigenvalue weighted by atomic mass is 32.1. The monoisotopic (exact) mass is 275 g/mol. The zero-order chi connectivity index (χ0) is 13.5. The summed E-state index contributed by atoms with van der Waals surface area (Å²) < 4.78 is 5.75. The molecular formula is C14H17N3OS. The van der Waals surface area contributed by atoms with Crippen LogP contribution in [-0.2, 0) is 0 Å². The van der Waals surface area contributed by atoms with E-state index in [1.807, 2.05) is 29.6 Å². The summed E-state index contributed by atoms with van der Waals surface area (Å²) in [6.07, 6.45) is 3.49. The number of thiazole rings is 1. The molecule has 0 aliphatic carbocycles. The van der Waals surface area contributed by atoms with Gasteiger partial charge < -0.3 is 4.74 Å². The fourth-order valence-corrected chi connectivity index (χ4v) is 1.89. The number of anilines is 1. The molecule has 4 nitrogen and oxygen atoms in total. The Labute approximate surface area is 117 Å². The van der Waals surface area contributed by atoms with Gasteiger partial charge in [0.25, 0.3) is 0 Å². The van der Waals surface area contributed by atoms with Crippen molar-refractivity contribution in [3.8, 4) is 5.75 Å². The van der Waals surface area contributed by atoms with Gasteiger partial charge in [-0.15, -0.1) is 11.3 Å². The van der Waals surface area contributed by atoms with E-state index in [0.29, 0.717) is 12.5 Å². The molecule has 5 heteroatoms. The second kappa shape index (κ2) is 6.89. The third-order valence-electron chi connectivity index (χ3n) is 2.29. The molecule has 0 atom stereocenters. The first-order valence-electron chi connectivity index (χ1n) is 6.16. The second-order valence-electron chi connectivity index (χ2n) is 4.45. The number of para-hydroxylation sites is 1. The third kappa shape index (κ3) is 4.37. The average Bonchev–Trinajstić information content (AvgIpc) is 2.91. The van der Waals surface area contributed by atoms with Crippen LogP contribution in [0.5, 0.6) is 5.75 Å². The fraction of sp³-hybridized carbons (Fsp3) is 0.286. The molecule has 1 aromatic carbocycles. The number of benzene rings is 1. The molecule has 1 heterocycles. The first-order valence-corrected chi connectivity index (χ1v) is 7.04. The maximum Gasteiger partial charge on any atom is 0.203 e. The van der Waals surface area contributed by atoms with Crippen molar-refractivity contribution in [3.05, 3.63) is 41.4 Å². The molecule has 0 radical (unpaired) electrons. The molecular weight excluding hydrogens is 258 g/mol. The van der Waals surface area contributed by atoms with Crippen molar-refractivity contribution in [1.29, 1.82) is 0 Å². The summed E-state index contributed by atoms with van der Waals surface area (Å²) in [5.74, 6) is 1.35. The van der Waals surface area contributed by atoms with Gasteiger partial charge in [0, 0.05) is 17.1 Å². The largest absolute Gasteiger partial charge is 0.493 e. The number of ether oxygens (including phenoxy) is 1. The smallest absolute Gasteiger partial charge is 0.203 e. The number of nitrogens with one attached hydrogen (secondary N) is 1. The van der Waals surface area contributed by atoms with E-state index in [-0.39, 0.29) is 0 Å². The Morgan fingerprint density at radius 2 is 2.26 bits per heavy atom. The molecule has 0 bridgehead atoms. The molecule has 0 saturated carbocycles. The summed E-state index contributed by atoms with van der Waals surface area (Å²) in [6, 6.07) is 7.85. The predicted octanol–water partition coefficient (Wildman–Crippen LogP) is 3.62. The van der Waals surface area contributed by atoms with Gasteiger partial charge in [0.05, 0.1) is 12.8 Å². The number of hydrazone groups is 1. The quantitative estimate of drug-likeness (QED) is 0.647. The summed E-state index contributed by atoms with van der Waals surface area (Å²) in [7, 11) is 0. The van der Waals surface area contributed by atoms with Crippen molar-refractivity contribution in [1.82, 2.24) is 4.98 Å². The van der Waals surface area contributed by atoms with E-state index >= 15 is 0 Å². The molecule has 2 rings (SSSR count). The Kier molecular flexibility index (Phi) is 4.92. The molecule has 0 saturated heterocycles. The van der Waals surface area contributed by atoms with Crippen LogP contribution in [0.1, 0.15) is 19.4 Å². The van der Waals surface area contributed by atoms with Crippen LogP contribution >= 0.6 is 11.3 Å². The zero-order valence-corrected chi connectivity index (χ0v) is 11.9. The van der Waals surface area contributed by atoms with Crippen LogP contribution in [-0.4, -0.2) is 17.8 Å². The molecule has 1 N–H and O–H groups in total. The summed E-state index contributed by atoms with van der Waals surface area (Å²) >= 11 is 1.51. The Bertz CT molecular complexity index is 523. The lowest BCUT2D eigenvalue weighted by Crippen LogP contribution is -2.06. The average molecular weight is 275 g/mol. The molecule has 1 aromatic heterocycles. The van der Waals surface area contributed by atoms with Crippen molar-refractivity contribution in [2.45, 2.75) is 13.8 Å². The van der Waals surface area contributed by atoms with Gasteiger partial charge in [-0.3, -0.25) is 5.43 Å². The lowest BCUT2D eigenvalue weighted by molar-refractivity contribution is 0.271. The normalized spacial score (nSPS) is 11.1. The van der Waals surface area contributed by atoms with Crippen LogP contribution < -0.4 is 10.2 Å². The number of rotatable bonds is 6. The SMILES string of the molecule is CC(C)COc1ccccc1/C=N/Nc1nccs1. The highest BCUT2D eigenvalue weighted by Gasteiger charge is 2.02. The Morgan fingerprint density at radius 3 is 3.00 bits per heavy atom. The molecule has 19 heavy (non-hydrogen) atoms. The number of nitrogens with zero attached hydrogens (tertiary/aromatic N) is 2. The van der Waals surface area contributed by atoms with Crippen LogP contribution in [0, 0.1) is 5.92 Å². The van der Waals surface area contributed by atoms with Crippen LogP contribution in [0.25, 0.3) is 0 Å². The molecule has 0 fully saturated rings. The van der Waals surface area contributed by atoms with E-state index in [9.17, 15) is 0 Å². The highest BCUT2D eigenvalue weighted by molar-refractivity contribution is 7.13. The van der Waals surface area contributed by atoms with Crippen molar-refractivity contribution < 1.29 is 4.74 Å². The van der Waals surface area contributed by atoms with Crippen molar-refractivity contribution in [2.24, 2.45) is 11.0 Å². The van der Waals surface area contributed by atoms with Gasteiger partial charge in [-0.05, 0) is 18.1 Å². The Hall–Kier alpha value is -1.88. The molecule has 0 spiro atoms. The van der Waals surface area contributed by atoms with Crippen molar-refractivity contribution >= 4 is 22.7 Å². The fourth-order valence-electron chi connectivity index (χ4n) is 1.41. The van der Waals surface area contributed by atoms with Crippen molar-refractivity contribution in [3.63, 3.8) is 0 Å². The topological polar surface area (TPSA) is 46.5 Å². The molecule has 0 unspecified atom stereocenters. The second-order valence-corrected chi connectivity index (χ2v) is 5.34. The van der Waals surface area contributed by atoms with Gasteiger partial charge in [-0.1, -0.05) is 26.0 Å². The van der Waals surface area contributed by atoms with Crippen LogP contribution in [0.15, 0.2) is 40.9 Å². The van der Waals surface area contributed by atoms with Crippen LogP contribution in [0.2, 0.25) is 0 Å². The lowest BCUT2D eigenvalue weighted by Gasteiger charge is -2.10. The predicted molar refractivity (Wildman–Crippen MR) is 80.1 cm³/mol. The third-order valence-corrected chi connectivity index (χ3v) is 2.97. The molecule has 0 aliphatic heterocycles. The number of hydrogen-bond acceptors (Lipinski definition) is 5. The number of aromatic nitrogens is 1.